The zero-order chi connectivity index (χ0) is 14.5. The molecule has 0 aromatic carbocycles. The van der Waals surface area contributed by atoms with Gasteiger partial charge in [0.15, 0.2) is 0 Å². The Labute approximate surface area is 124 Å². The molecule has 1 amide bonds. The van der Waals surface area contributed by atoms with Gasteiger partial charge >= 0.3 is 0 Å². The summed E-state index contributed by atoms with van der Waals surface area (Å²) in [6, 6.07) is 0. The molecule has 0 saturated carbocycles. The number of hydrogen-bond donors (Lipinski definition) is 1. The van der Waals surface area contributed by atoms with Crippen molar-refractivity contribution in [1.29, 1.82) is 0 Å². The molecule has 0 radical (unpaired) electrons. The van der Waals surface area contributed by atoms with Crippen LogP contribution in [0.3, 0.4) is 0 Å². The van der Waals surface area contributed by atoms with E-state index in [9.17, 15) is 4.79 Å². The molecule has 0 aliphatic rings. The van der Waals surface area contributed by atoms with Gasteiger partial charge in [0.1, 0.15) is 4.88 Å². The molecule has 0 atom stereocenters. The van der Waals surface area contributed by atoms with Crippen LogP contribution in [0.15, 0.2) is 9.64 Å². The number of carbonyl (C=O) groups is 1. The van der Waals surface area contributed by atoms with Gasteiger partial charge in [-0.25, -0.2) is 4.98 Å². The van der Waals surface area contributed by atoms with Crippen LogP contribution in [0.25, 0.3) is 10.8 Å². The maximum absolute atomic E-state index is 11.4. The number of aromatic nitrogens is 3. The summed E-state index contributed by atoms with van der Waals surface area (Å²) in [6.07, 6.45) is 5.05. The average molecular weight is 308 g/mol. The maximum Gasteiger partial charge on any atom is 0.277 e. The molecule has 2 rings (SSSR count). The molecule has 20 heavy (non-hydrogen) atoms. The van der Waals surface area contributed by atoms with Crippen molar-refractivity contribution in [1.82, 2.24) is 20.5 Å². The van der Waals surface area contributed by atoms with E-state index in [1.807, 2.05) is 13.8 Å². The summed E-state index contributed by atoms with van der Waals surface area (Å²) in [5.41, 5.74) is 0.861. The van der Waals surface area contributed by atoms with Gasteiger partial charge in [0, 0.05) is 0 Å². The summed E-state index contributed by atoms with van der Waals surface area (Å²) in [4.78, 5) is 16.5. The molecule has 2 heterocycles. The van der Waals surface area contributed by atoms with E-state index in [1.54, 1.807) is 0 Å². The number of thioether (sulfide) groups is 1. The number of nitrogens with zero attached hydrogens (tertiary/aromatic N) is 3. The summed E-state index contributed by atoms with van der Waals surface area (Å²) in [5, 5.41) is 11.7. The number of amides is 1. The van der Waals surface area contributed by atoms with E-state index < -0.39 is 0 Å². The molecule has 0 fully saturated rings. The Balaban J connectivity index is 1.98. The van der Waals surface area contributed by atoms with E-state index in [1.165, 1.54) is 23.1 Å². The number of terminal acetylenes is 1. The lowest BCUT2D eigenvalue weighted by Gasteiger charge is -1.97. The Kier molecular flexibility index (Phi) is 4.76. The largest absolute Gasteiger partial charge is 0.410 e. The SMILES string of the molecule is C#CCNC(=O)CSc1nnc(-c2sc(C)nc2C)o1. The van der Waals surface area contributed by atoms with Crippen LogP contribution < -0.4 is 5.32 Å². The van der Waals surface area contributed by atoms with E-state index in [4.69, 9.17) is 10.8 Å². The molecule has 1 N–H and O–H groups in total. The zero-order valence-corrected chi connectivity index (χ0v) is 12.6. The topological polar surface area (TPSA) is 80.9 Å². The molecule has 8 heteroatoms. The van der Waals surface area contributed by atoms with Crippen LogP contribution in [0.1, 0.15) is 10.7 Å². The highest BCUT2D eigenvalue weighted by Crippen LogP contribution is 2.30. The van der Waals surface area contributed by atoms with Gasteiger partial charge in [0.2, 0.25) is 5.91 Å². The summed E-state index contributed by atoms with van der Waals surface area (Å²) >= 11 is 2.67. The van der Waals surface area contributed by atoms with Crippen LogP contribution in [0, 0.1) is 26.2 Å². The van der Waals surface area contributed by atoms with E-state index in [0.717, 1.165) is 15.6 Å². The summed E-state index contributed by atoms with van der Waals surface area (Å²) in [7, 11) is 0. The van der Waals surface area contributed by atoms with Crippen molar-refractivity contribution in [2.24, 2.45) is 0 Å². The van der Waals surface area contributed by atoms with Crippen molar-refractivity contribution in [3.8, 4) is 23.1 Å². The van der Waals surface area contributed by atoms with Gasteiger partial charge in [-0.2, -0.15) is 0 Å². The van der Waals surface area contributed by atoms with Gasteiger partial charge < -0.3 is 9.73 Å². The number of hydrogen-bond acceptors (Lipinski definition) is 7. The van der Waals surface area contributed by atoms with Crippen molar-refractivity contribution >= 4 is 29.0 Å². The van der Waals surface area contributed by atoms with Crippen molar-refractivity contribution in [2.75, 3.05) is 12.3 Å². The predicted octanol–water partition coefficient (Wildman–Crippen LogP) is 1.65. The van der Waals surface area contributed by atoms with Crippen LogP contribution in [-0.4, -0.2) is 33.4 Å². The van der Waals surface area contributed by atoms with E-state index in [-0.39, 0.29) is 18.2 Å². The number of nitrogens with one attached hydrogen (secondary N) is 1. The number of aryl methyl sites for hydroxylation is 2. The average Bonchev–Trinajstić information content (AvgIpc) is 3.00. The summed E-state index contributed by atoms with van der Waals surface area (Å²) in [6.45, 7) is 4.03. The molecule has 2 aromatic heterocycles. The summed E-state index contributed by atoms with van der Waals surface area (Å²) < 4.78 is 5.51. The lowest BCUT2D eigenvalue weighted by Crippen LogP contribution is -2.25. The minimum Gasteiger partial charge on any atom is -0.410 e. The number of rotatable bonds is 5. The minimum absolute atomic E-state index is 0.169. The van der Waals surface area contributed by atoms with Gasteiger partial charge in [-0.1, -0.05) is 17.7 Å². The third-order valence-corrected chi connectivity index (χ3v) is 4.10. The Hall–Kier alpha value is -1.85. The normalized spacial score (nSPS) is 10.2. The standard InChI is InChI=1S/C12H12N4O2S2/c1-4-5-13-9(17)6-19-12-16-15-11(18-12)10-7(2)14-8(3)20-10/h1H,5-6H2,2-3H3,(H,13,17). The van der Waals surface area contributed by atoms with E-state index >= 15 is 0 Å². The van der Waals surface area contributed by atoms with Gasteiger partial charge in [-0.15, -0.1) is 28.0 Å². The van der Waals surface area contributed by atoms with Crippen LogP contribution in [0.2, 0.25) is 0 Å². The maximum atomic E-state index is 11.4. The van der Waals surface area contributed by atoms with E-state index in [2.05, 4.69) is 26.4 Å². The first-order valence-corrected chi connectivity index (χ1v) is 7.51. The van der Waals surface area contributed by atoms with Gasteiger partial charge in [-0.3, -0.25) is 4.79 Å². The van der Waals surface area contributed by atoms with Gasteiger partial charge in [0.25, 0.3) is 11.1 Å². The van der Waals surface area contributed by atoms with Crippen LogP contribution in [0.4, 0.5) is 0 Å². The fourth-order valence-electron chi connectivity index (χ4n) is 1.42. The smallest absolute Gasteiger partial charge is 0.277 e. The molecule has 2 aromatic rings. The Bertz CT molecular complexity index is 657. The highest BCUT2D eigenvalue weighted by molar-refractivity contribution is 7.99. The molecule has 104 valence electrons. The predicted molar refractivity (Wildman–Crippen MR) is 77.4 cm³/mol. The van der Waals surface area contributed by atoms with Crippen molar-refractivity contribution in [3.05, 3.63) is 10.7 Å². The van der Waals surface area contributed by atoms with Crippen LogP contribution in [-0.2, 0) is 4.79 Å². The molecule has 0 aliphatic carbocycles. The fourth-order valence-corrected chi connectivity index (χ4v) is 2.85. The molecule has 0 spiro atoms. The molecule has 0 saturated heterocycles. The lowest BCUT2D eigenvalue weighted by molar-refractivity contribution is -0.118. The zero-order valence-electron chi connectivity index (χ0n) is 11.0. The second-order valence-electron chi connectivity index (χ2n) is 3.79. The van der Waals surface area contributed by atoms with Crippen molar-refractivity contribution in [2.45, 2.75) is 19.1 Å². The minimum atomic E-state index is -0.169. The Morgan fingerprint density at radius 1 is 1.50 bits per heavy atom. The third kappa shape index (κ3) is 3.59. The van der Waals surface area contributed by atoms with Crippen LogP contribution >= 0.6 is 23.1 Å². The number of carbonyl (C=O) groups excluding carboxylic acids is 1. The molecule has 0 bridgehead atoms. The monoisotopic (exact) mass is 308 g/mol. The second kappa shape index (κ2) is 6.54. The van der Waals surface area contributed by atoms with Gasteiger partial charge in [0.05, 0.1) is 23.0 Å². The molecular formula is C12H12N4O2S2. The first-order chi connectivity index (χ1) is 9.60. The van der Waals surface area contributed by atoms with E-state index in [0.29, 0.717) is 11.1 Å². The second-order valence-corrected chi connectivity index (χ2v) is 5.92. The molecule has 0 aliphatic heterocycles. The quantitative estimate of drug-likeness (QED) is 0.668. The Morgan fingerprint density at radius 3 is 2.95 bits per heavy atom. The summed E-state index contributed by atoms with van der Waals surface area (Å²) in [5.74, 6) is 2.78. The molecular weight excluding hydrogens is 296 g/mol. The first-order valence-electron chi connectivity index (χ1n) is 5.71. The van der Waals surface area contributed by atoms with Crippen LogP contribution in [0.5, 0.6) is 0 Å². The highest BCUT2D eigenvalue weighted by Gasteiger charge is 2.15. The molecule has 0 unspecified atom stereocenters. The van der Waals surface area contributed by atoms with Crippen molar-refractivity contribution in [3.63, 3.8) is 0 Å². The number of thiazole rings is 1. The fraction of sp³-hybridized carbons (Fsp3) is 0.333. The lowest BCUT2D eigenvalue weighted by atomic mass is 10.4. The van der Waals surface area contributed by atoms with Gasteiger partial charge in [-0.05, 0) is 13.8 Å². The van der Waals surface area contributed by atoms with Crippen molar-refractivity contribution < 1.29 is 9.21 Å². The molecule has 6 nitrogen and oxygen atoms in total. The Morgan fingerprint density at radius 2 is 2.30 bits per heavy atom. The highest BCUT2D eigenvalue weighted by atomic mass is 32.2. The third-order valence-electron chi connectivity index (χ3n) is 2.22. The first kappa shape index (κ1) is 14.6.